The number of hydrogen-bond donors (Lipinski definition) is 0. The van der Waals surface area contributed by atoms with E-state index in [4.69, 9.17) is 18.8 Å². The van der Waals surface area contributed by atoms with Crippen LogP contribution in [0, 0.1) is 0 Å². The summed E-state index contributed by atoms with van der Waals surface area (Å²) in [7, 11) is 0. The Balaban J connectivity index is 0.951. The molecule has 3 heterocycles. The Bertz CT molecular complexity index is 4550. The molecule has 74 heavy (non-hydrogen) atoms. The van der Waals surface area contributed by atoms with Crippen LogP contribution >= 0.6 is 0 Å². The zero-order chi connectivity index (χ0) is 48.7. The van der Waals surface area contributed by atoms with E-state index in [0.29, 0.717) is 0 Å². The van der Waals surface area contributed by atoms with Crippen molar-refractivity contribution in [2.24, 2.45) is 0 Å². The van der Waals surface area contributed by atoms with Crippen LogP contribution in [0.5, 0.6) is 0 Å². The van der Waals surface area contributed by atoms with Crippen molar-refractivity contribution in [1.29, 1.82) is 0 Å². The van der Waals surface area contributed by atoms with Gasteiger partial charge in [0.15, 0.2) is 0 Å². The molecule has 0 radical (unpaired) electrons. The Morgan fingerprint density at radius 3 is 1.14 bits per heavy atom. The van der Waals surface area contributed by atoms with Crippen LogP contribution in [0.4, 0.5) is 0 Å². The molecule has 0 amide bonds. The van der Waals surface area contributed by atoms with Crippen LogP contribution in [0.25, 0.3) is 154 Å². The van der Waals surface area contributed by atoms with E-state index in [1.165, 1.54) is 22.3 Å². The number of fused-ring (bicyclic) bond motifs is 12. The molecule has 0 atom stereocenters. The Morgan fingerprint density at radius 1 is 0.243 bits per heavy atom. The summed E-state index contributed by atoms with van der Waals surface area (Å²) < 4.78 is 13.4. The molecule has 344 valence electrons. The van der Waals surface area contributed by atoms with Crippen molar-refractivity contribution in [3.63, 3.8) is 0 Å². The van der Waals surface area contributed by atoms with Gasteiger partial charge in [0.05, 0.1) is 22.9 Å². The number of furan rings is 2. The average molecular weight is 943 g/mol. The van der Waals surface area contributed by atoms with Gasteiger partial charge in [-0.15, -0.1) is 0 Å². The minimum Gasteiger partial charge on any atom is -0.455 e. The topological polar surface area (TPSA) is 52.1 Å². The highest BCUT2D eigenvalue weighted by Crippen LogP contribution is 2.44. The van der Waals surface area contributed by atoms with E-state index in [-0.39, 0.29) is 0 Å². The van der Waals surface area contributed by atoms with E-state index in [0.717, 1.165) is 132 Å². The molecule has 0 aliphatic carbocycles. The fourth-order valence-corrected chi connectivity index (χ4v) is 11.2. The number of rotatable bonds is 7. The summed E-state index contributed by atoms with van der Waals surface area (Å²) in [6, 6.07) is 88.5. The van der Waals surface area contributed by atoms with Gasteiger partial charge in [-0.25, -0.2) is 4.98 Å². The number of benzene rings is 12. The van der Waals surface area contributed by atoms with Gasteiger partial charge in [-0.05, 0) is 109 Å². The molecule has 0 fully saturated rings. The minimum absolute atomic E-state index is 0.764. The van der Waals surface area contributed by atoms with E-state index < -0.39 is 0 Å². The molecule has 0 unspecified atom stereocenters. The average Bonchev–Trinajstić information content (AvgIpc) is 4.07. The second kappa shape index (κ2) is 16.9. The highest BCUT2D eigenvalue weighted by atomic mass is 16.3. The first-order valence-electron chi connectivity index (χ1n) is 25.1. The summed E-state index contributed by atoms with van der Waals surface area (Å²) in [6.07, 6.45) is 1.95. The van der Waals surface area contributed by atoms with Gasteiger partial charge in [0.25, 0.3) is 0 Å². The summed E-state index contributed by atoms with van der Waals surface area (Å²) >= 11 is 0. The van der Waals surface area contributed by atoms with Crippen LogP contribution in [0.1, 0.15) is 0 Å². The molecule has 3 aromatic heterocycles. The van der Waals surface area contributed by atoms with E-state index in [1.54, 1.807) is 0 Å². The van der Waals surface area contributed by atoms with E-state index >= 15 is 0 Å². The van der Waals surface area contributed by atoms with Crippen LogP contribution in [-0.4, -0.2) is 9.97 Å². The number of nitrogens with zero attached hydrogens (tertiary/aromatic N) is 2. The fourth-order valence-electron chi connectivity index (χ4n) is 11.2. The maximum atomic E-state index is 6.68. The van der Waals surface area contributed by atoms with Gasteiger partial charge in [0, 0.05) is 49.0 Å². The lowest BCUT2D eigenvalue weighted by Gasteiger charge is -2.15. The Kier molecular flexibility index (Phi) is 9.54. The Hall–Kier alpha value is -9.90. The first-order chi connectivity index (χ1) is 36.6. The molecular formula is C70H42N2O2. The van der Waals surface area contributed by atoms with Gasteiger partial charge >= 0.3 is 0 Å². The van der Waals surface area contributed by atoms with Gasteiger partial charge in [-0.3, -0.25) is 4.98 Å². The van der Waals surface area contributed by atoms with Crippen molar-refractivity contribution in [2.45, 2.75) is 0 Å². The number of hydrogen-bond acceptors (Lipinski definition) is 4. The molecule has 15 rings (SSSR count). The third-order valence-corrected chi connectivity index (χ3v) is 14.9. The largest absolute Gasteiger partial charge is 0.455 e. The molecule has 0 aliphatic heterocycles. The Labute approximate surface area is 426 Å². The quantitative estimate of drug-likeness (QED) is 0.149. The van der Waals surface area contributed by atoms with Crippen LogP contribution in [0.2, 0.25) is 0 Å². The van der Waals surface area contributed by atoms with Gasteiger partial charge in [0.1, 0.15) is 22.3 Å². The van der Waals surface area contributed by atoms with Gasteiger partial charge in [-0.2, -0.15) is 0 Å². The molecule has 12 aromatic carbocycles. The molecule has 0 saturated carbocycles. The van der Waals surface area contributed by atoms with Crippen molar-refractivity contribution in [1.82, 2.24) is 9.97 Å². The normalized spacial score (nSPS) is 11.8. The van der Waals surface area contributed by atoms with Crippen LogP contribution in [0.15, 0.2) is 264 Å². The smallest absolute Gasteiger partial charge is 0.143 e. The zero-order valence-electron chi connectivity index (χ0n) is 40.0. The number of para-hydroxylation sites is 4. The van der Waals surface area contributed by atoms with Gasteiger partial charge in [0.2, 0.25) is 0 Å². The molecule has 0 saturated heterocycles. The predicted octanol–water partition coefficient (Wildman–Crippen LogP) is 19.4. The van der Waals surface area contributed by atoms with Crippen molar-refractivity contribution >= 4 is 76.5 Å². The maximum Gasteiger partial charge on any atom is 0.143 e. The highest BCUT2D eigenvalue weighted by Gasteiger charge is 2.20. The summed E-state index contributed by atoms with van der Waals surface area (Å²) in [5, 5.41) is 8.68. The van der Waals surface area contributed by atoms with E-state index in [1.807, 2.05) is 30.5 Å². The van der Waals surface area contributed by atoms with Crippen molar-refractivity contribution in [3.8, 4) is 78.0 Å². The minimum atomic E-state index is 0.764. The molecule has 4 nitrogen and oxygen atoms in total. The summed E-state index contributed by atoms with van der Waals surface area (Å²) in [4.78, 5) is 11.1. The summed E-state index contributed by atoms with van der Waals surface area (Å²) in [5.74, 6) is 0. The SMILES string of the molecule is c1ccc(-c2ccc(-c3ccc4c5ccc(-c6ccc(-c7ccccc7)cc6)cc5c5nc(-c6cc(-c7cccc8c7oc7ccccc78)cc(-c7cccc8c7oc7ccccc78)c6)cnc5c4c3)cc2)cc1. The first kappa shape index (κ1) is 41.8. The lowest BCUT2D eigenvalue weighted by Crippen LogP contribution is -1.94. The summed E-state index contributed by atoms with van der Waals surface area (Å²) in [6.45, 7) is 0. The maximum absolute atomic E-state index is 6.68. The fraction of sp³-hybridized carbons (Fsp3) is 0. The third-order valence-electron chi connectivity index (χ3n) is 14.9. The highest BCUT2D eigenvalue weighted by molar-refractivity contribution is 6.24. The third kappa shape index (κ3) is 6.92. The van der Waals surface area contributed by atoms with Crippen molar-refractivity contribution in [3.05, 3.63) is 255 Å². The second-order valence-corrected chi connectivity index (χ2v) is 19.2. The second-order valence-electron chi connectivity index (χ2n) is 19.2. The van der Waals surface area contributed by atoms with Crippen LogP contribution in [-0.2, 0) is 0 Å². The van der Waals surface area contributed by atoms with Gasteiger partial charge < -0.3 is 8.83 Å². The molecule has 0 bridgehead atoms. The first-order valence-corrected chi connectivity index (χ1v) is 25.1. The Morgan fingerprint density at radius 2 is 0.635 bits per heavy atom. The van der Waals surface area contributed by atoms with E-state index in [9.17, 15) is 0 Å². The lowest BCUT2D eigenvalue weighted by molar-refractivity contribution is 0.670. The van der Waals surface area contributed by atoms with Crippen LogP contribution in [0.3, 0.4) is 0 Å². The van der Waals surface area contributed by atoms with Gasteiger partial charge in [-0.1, -0.05) is 206 Å². The number of aromatic nitrogens is 2. The predicted molar refractivity (Wildman–Crippen MR) is 307 cm³/mol. The lowest BCUT2D eigenvalue weighted by atomic mass is 9.92. The standard InChI is InChI=1S/C70H42N2O2/c1-3-13-43(14-4-1)45-25-29-47(30-26-45)49-33-35-56-57-36-34-50(48-31-27-46(28-32-48)44-15-5-2-6-16-44)41-63(57)68-67(62(56)40-49)71-42-64(72-68)53-38-51(54-19-11-21-60-58-17-7-9-23-65(58)73-69(54)60)37-52(39-53)55-20-12-22-61-59-18-8-10-24-66(59)74-70(55)61/h1-42H. The van der Waals surface area contributed by atoms with Crippen molar-refractivity contribution < 1.29 is 8.83 Å². The van der Waals surface area contributed by atoms with Crippen molar-refractivity contribution in [2.75, 3.05) is 0 Å². The van der Waals surface area contributed by atoms with Crippen LogP contribution < -0.4 is 0 Å². The molecule has 0 aliphatic rings. The molecule has 15 aromatic rings. The zero-order valence-corrected chi connectivity index (χ0v) is 40.0. The molecular weight excluding hydrogens is 901 g/mol. The van der Waals surface area contributed by atoms with E-state index in [2.05, 4.69) is 224 Å². The molecule has 4 heteroatoms. The molecule has 0 spiro atoms. The monoisotopic (exact) mass is 942 g/mol. The molecule has 0 N–H and O–H groups in total. The summed E-state index contributed by atoms with van der Waals surface area (Å²) in [5.41, 5.74) is 20.1.